The van der Waals surface area contributed by atoms with Crippen LogP contribution in [0.25, 0.3) is 0 Å². The Morgan fingerprint density at radius 1 is 1.33 bits per heavy atom. The van der Waals surface area contributed by atoms with E-state index < -0.39 is 0 Å². The van der Waals surface area contributed by atoms with Crippen LogP contribution >= 0.6 is 15.9 Å². The van der Waals surface area contributed by atoms with Crippen LogP contribution in [0, 0.1) is 5.41 Å². The van der Waals surface area contributed by atoms with Crippen LogP contribution in [0.4, 0.5) is 0 Å². The molecule has 1 rings (SSSR count). The van der Waals surface area contributed by atoms with Gasteiger partial charge in [-0.1, -0.05) is 67.0 Å². The first-order chi connectivity index (χ1) is 8.50. The minimum absolute atomic E-state index is 0.0441. The van der Waals surface area contributed by atoms with Gasteiger partial charge in [0.2, 0.25) is 5.91 Å². The van der Waals surface area contributed by atoms with E-state index in [-0.39, 0.29) is 17.2 Å². The van der Waals surface area contributed by atoms with E-state index in [9.17, 15) is 4.79 Å². The number of alkyl halides is 1. The maximum atomic E-state index is 12.2. The molecule has 0 bridgehead atoms. The second kappa shape index (κ2) is 6.93. The molecule has 1 aromatic carbocycles. The molecule has 1 unspecified atom stereocenters. The van der Waals surface area contributed by atoms with Gasteiger partial charge in [0.1, 0.15) is 0 Å². The highest BCUT2D eigenvalue weighted by molar-refractivity contribution is 9.09. The highest BCUT2D eigenvalue weighted by atomic mass is 79.9. The molecule has 0 aliphatic rings. The van der Waals surface area contributed by atoms with Gasteiger partial charge >= 0.3 is 0 Å². The van der Waals surface area contributed by atoms with E-state index in [4.69, 9.17) is 0 Å². The lowest BCUT2D eigenvalue weighted by molar-refractivity contribution is -0.123. The molecule has 0 fully saturated rings. The fourth-order valence-corrected chi connectivity index (χ4v) is 1.95. The van der Waals surface area contributed by atoms with Crippen LogP contribution in [-0.2, 0) is 4.79 Å². The highest BCUT2D eigenvalue weighted by Crippen LogP contribution is 2.21. The lowest BCUT2D eigenvalue weighted by atomic mass is 9.93. The molecule has 0 saturated carbocycles. The maximum Gasteiger partial charge on any atom is 0.227 e. The lowest BCUT2D eigenvalue weighted by Gasteiger charge is -2.24. The minimum atomic E-state index is -0.0441. The first-order valence-electron chi connectivity index (χ1n) is 6.39. The van der Waals surface area contributed by atoms with Gasteiger partial charge < -0.3 is 5.32 Å². The number of benzene rings is 1. The van der Waals surface area contributed by atoms with Gasteiger partial charge in [0.05, 0.1) is 5.92 Å². The molecule has 1 aromatic rings. The zero-order chi connectivity index (χ0) is 13.6. The first-order valence-corrected chi connectivity index (χ1v) is 7.51. The second-order valence-electron chi connectivity index (χ2n) is 5.39. The van der Waals surface area contributed by atoms with Crippen LogP contribution in [0.15, 0.2) is 30.3 Å². The molecular formula is C15H22BrNO. The molecule has 1 N–H and O–H groups in total. The summed E-state index contributed by atoms with van der Waals surface area (Å²) in [5, 5.41) is 3.93. The Balaban J connectivity index is 2.64. The molecule has 18 heavy (non-hydrogen) atoms. The molecule has 0 aliphatic heterocycles. The van der Waals surface area contributed by atoms with Crippen LogP contribution in [0.1, 0.15) is 38.7 Å². The van der Waals surface area contributed by atoms with E-state index in [1.807, 2.05) is 37.3 Å². The van der Waals surface area contributed by atoms with Crippen LogP contribution < -0.4 is 5.32 Å². The molecule has 1 atom stereocenters. The van der Waals surface area contributed by atoms with Gasteiger partial charge in [-0.25, -0.2) is 0 Å². The average Bonchev–Trinajstić information content (AvgIpc) is 2.39. The standard InChI is InChI=1S/C15H22BrNO/c1-4-13(12-8-6-5-7-9-12)14(18)17-11-15(2,3)10-16/h5-9,13H,4,10-11H2,1-3H3,(H,17,18). The van der Waals surface area contributed by atoms with Gasteiger partial charge in [-0.05, 0) is 17.4 Å². The summed E-state index contributed by atoms with van der Waals surface area (Å²) in [6.45, 7) is 7.00. The summed E-state index contributed by atoms with van der Waals surface area (Å²) in [5.41, 5.74) is 1.18. The van der Waals surface area contributed by atoms with Crippen molar-refractivity contribution in [2.24, 2.45) is 5.41 Å². The van der Waals surface area contributed by atoms with Gasteiger partial charge in [0, 0.05) is 11.9 Å². The third-order valence-electron chi connectivity index (χ3n) is 3.03. The number of nitrogens with one attached hydrogen (secondary N) is 1. The van der Waals surface area contributed by atoms with Crippen molar-refractivity contribution in [3.8, 4) is 0 Å². The van der Waals surface area contributed by atoms with E-state index in [0.29, 0.717) is 6.54 Å². The molecule has 3 heteroatoms. The Morgan fingerprint density at radius 2 is 1.94 bits per heavy atom. The number of carbonyl (C=O) groups excluding carboxylic acids is 1. The van der Waals surface area contributed by atoms with E-state index in [2.05, 4.69) is 35.1 Å². The fourth-order valence-electron chi connectivity index (χ4n) is 1.75. The molecule has 0 aromatic heterocycles. The molecule has 1 amide bonds. The summed E-state index contributed by atoms with van der Waals surface area (Å²) in [6, 6.07) is 9.97. The predicted octanol–water partition coefficient (Wildman–Crippen LogP) is 3.72. The lowest BCUT2D eigenvalue weighted by Crippen LogP contribution is -2.37. The van der Waals surface area contributed by atoms with E-state index >= 15 is 0 Å². The number of hydrogen-bond acceptors (Lipinski definition) is 1. The van der Waals surface area contributed by atoms with Crippen LogP contribution in [0.2, 0.25) is 0 Å². The molecule has 100 valence electrons. The Hall–Kier alpha value is -0.830. The Morgan fingerprint density at radius 3 is 2.44 bits per heavy atom. The SMILES string of the molecule is CCC(C(=O)NCC(C)(C)CBr)c1ccccc1. The van der Waals surface area contributed by atoms with Gasteiger partial charge in [0.15, 0.2) is 0 Å². The number of hydrogen-bond donors (Lipinski definition) is 1. The summed E-state index contributed by atoms with van der Waals surface area (Å²) in [4.78, 5) is 12.2. The molecular weight excluding hydrogens is 290 g/mol. The summed E-state index contributed by atoms with van der Waals surface area (Å²) in [6.07, 6.45) is 0.824. The fraction of sp³-hybridized carbons (Fsp3) is 0.533. The van der Waals surface area contributed by atoms with Crippen molar-refractivity contribution in [3.63, 3.8) is 0 Å². The Bertz CT molecular complexity index is 375. The monoisotopic (exact) mass is 311 g/mol. The van der Waals surface area contributed by atoms with Gasteiger partial charge in [-0.2, -0.15) is 0 Å². The smallest absolute Gasteiger partial charge is 0.227 e. The predicted molar refractivity (Wildman–Crippen MR) is 80.1 cm³/mol. The van der Waals surface area contributed by atoms with Crippen molar-refractivity contribution < 1.29 is 4.79 Å². The Labute approximate surface area is 118 Å². The van der Waals surface area contributed by atoms with Crippen molar-refractivity contribution >= 4 is 21.8 Å². The van der Waals surface area contributed by atoms with Gasteiger partial charge in [-0.15, -0.1) is 0 Å². The van der Waals surface area contributed by atoms with Crippen molar-refractivity contribution in [2.45, 2.75) is 33.1 Å². The number of halogens is 1. The normalized spacial score (nSPS) is 13.1. The summed E-state index contributed by atoms with van der Waals surface area (Å²) in [5.74, 6) is 0.0788. The molecule has 0 heterocycles. The minimum Gasteiger partial charge on any atom is -0.355 e. The molecule has 0 spiro atoms. The van der Waals surface area contributed by atoms with Crippen LogP contribution in [0.5, 0.6) is 0 Å². The molecule has 0 saturated heterocycles. The molecule has 0 aliphatic carbocycles. The Kier molecular flexibility index (Phi) is 5.86. The quantitative estimate of drug-likeness (QED) is 0.797. The third-order valence-corrected chi connectivity index (χ3v) is 4.55. The number of amides is 1. The first kappa shape index (κ1) is 15.2. The summed E-state index contributed by atoms with van der Waals surface area (Å²) < 4.78 is 0. The van der Waals surface area contributed by atoms with Gasteiger partial charge in [-0.3, -0.25) is 4.79 Å². The topological polar surface area (TPSA) is 29.1 Å². The van der Waals surface area contributed by atoms with Crippen molar-refractivity contribution in [1.82, 2.24) is 5.32 Å². The van der Waals surface area contributed by atoms with Crippen LogP contribution in [-0.4, -0.2) is 17.8 Å². The van der Waals surface area contributed by atoms with E-state index in [1.165, 1.54) is 0 Å². The number of rotatable bonds is 6. The second-order valence-corrected chi connectivity index (χ2v) is 5.95. The van der Waals surface area contributed by atoms with E-state index in [0.717, 1.165) is 17.3 Å². The van der Waals surface area contributed by atoms with Crippen molar-refractivity contribution in [1.29, 1.82) is 0 Å². The summed E-state index contributed by atoms with van der Waals surface area (Å²) >= 11 is 3.47. The zero-order valence-electron chi connectivity index (χ0n) is 11.4. The largest absolute Gasteiger partial charge is 0.355 e. The van der Waals surface area contributed by atoms with Crippen LogP contribution in [0.3, 0.4) is 0 Å². The maximum absolute atomic E-state index is 12.2. The van der Waals surface area contributed by atoms with Gasteiger partial charge in [0.25, 0.3) is 0 Å². The average molecular weight is 312 g/mol. The van der Waals surface area contributed by atoms with Crippen molar-refractivity contribution in [2.75, 3.05) is 11.9 Å². The van der Waals surface area contributed by atoms with E-state index in [1.54, 1.807) is 0 Å². The molecule has 0 radical (unpaired) electrons. The summed E-state index contributed by atoms with van der Waals surface area (Å²) in [7, 11) is 0. The zero-order valence-corrected chi connectivity index (χ0v) is 13.0. The highest BCUT2D eigenvalue weighted by Gasteiger charge is 2.22. The third kappa shape index (κ3) is 4.45. The van der Waals surface area contributed by atoms with Crippen molar-refractivity contribution in [3.05, 3.63) is 35.9 Å². The molecule has 2 nitrogen and oxygen atoms in total. The number of carbonyl (C=O) groups is 1.